The van der Waals surface area contributed by atoms with Gasteiger partial charge in [-0.15, -0.1) is 17.0 Å². The molecule has 0 aliphatic carbocycles. The summed E-state index contributed by atoms with van der Waals surface area (Å²) >= 11 is 0. The molecule has 74 valence electrons. The fourth-order valence-corrected chi connectivity index (χ4v) is 1.34. The van der Waals surface area contributed by atoms with Gasteiger partial charge in [-0.1, -0.05) is 44.2 Å². The van der Waals surface area contributed by atoms with Gasteiger partial charge in [0.15, 0.2) is 0 Å². The van der Waals surface area contributed by atoms with Crippen molar-refractivity contribution in [2.24, 2.45) is 0 Å². The van der Waals surface area contributed by atoms with Crippen LogP contribution in [0.1, 0.15) is 32.4 Å². The van der Waals surface area contributed by atoms with Crippen molar-refractivity contribution in [3.05, 3.63) is 35.9 Å². The summed E-state index contributed by atoms with van der Waals surface area (Å²) in [6.07, 6.45) is 0. The summed E-state index contributed by atoms with van der Waals surface area (Å²) in [5.41, 5.74) is 1.35. The van der Waals surface area contributed by atoms with Gasteiger partial charge in [-0.25, -0.2) is 0 Å². The smallest absolute Gasteiger partial charge is 0.0294 e. The van der Waals surface area contributed by atoms with Crippen molar-refractivity contribution >= 4 is 17.0 Å². The molecule has 2 heteroatoms. The van der Waals surface area contributed by atoms with Crippen LogP contribution >= 0.6 is 17.0 Å². The van der Waals surface area contributed by atoms with E-state index in [1.165, 1.54) is 5.56 Å². The first-order valence-corrected chi connectivity index (χ1v) is 4.51. The standard InChI is InChI=1S/C11H17N.BrH/c1-9(2)12-10(3)11-7-5-4-6-8-11;/h4-10,12H,1-3H3;1H/t10-;/m0./s1. The van der Waals surface area contributed by atoms with Gasteiger partial charge in [0, 0.05) is 12.1 Å². The Hall–Kier alpha value is -0.340. The Kier molecular flexibility index (Phi) is 6.00. The Labute approximate surface area is 91.3 Å². The third kappa shape index (κ3) is 4.44. The highest BCUT2D eigenvalue weighted by Gasteiger charge is 2.04. The average molecular weight is 244 g/mol. The molecule has 0 heterocycles. The summed E-state index contributed by atoms with van der Waals surface area (Å²) in [6, 6.07) is 11.5. The minimum absolute atomic E-state index is 0. The molecule has 0 saturated heterocycles. The number of hydrogen-bond donors (Lipinski definition) is 1. The van der Waals surface area contributed by atoms with Crippen LogP contribution in [0.4, 0.5) is 0 Å². The van der Waals surface area contributed by atoms with Crippen LogP contribution in [0.5, 0.6) is 0 Å². The molecule has 0 bridgehead atoms. The molecule has 0 saturated carbocycles. The molecule has 0 radical (unpaired) electrons. The molecule has 0 aliphatic heterocycles. The molecule has 1 aromatic rings. The average Bonchev–Trinajstić information content (AvgIpc) is 2.05. The molecule has 1 nitrogen and oxygen atoms in total. The predicted octanol–water partition coefficient (Wildman–Crippen LogP) is 3.32. The quantitative estimate of drug-likeness (QED) is 0.860. The third-order valence-electron chi connectivity index (χ3n) is 1.88. The molecule has 0 amide bonds. The SMILES string of the molecule is Br.CC(C)N[C@@H](C)c1ccccc1. The van der Waals surface area contributed by atoms with Gasteiger partial charge in [-0.05, 0) is 12.5 Å². The lowest BCUT2D eigenvalue weighted by Crippen LogP contribution is -2.25. The van der Waals surface area contributed by atoms with Crippen LogP contribution < -0.4 is 5.32 Å². The lowest BCUT2D eigenvalue weighted by molar-refractivity contribution is 0.506. The number of rotatable bonds is 3. The number of benzene rings is 1. The lowest BCUT2D eigenvalue weighted by Gasteiger charge is -2.16. The molecule has 0 aliphatic rings. The number of halogens is 1. The van der Waals surface area contributed by atoms with Crippen LogP contribution in [0.25, 0.3) is 0 Å². The summed E-state index contributed by atoms with van der Waals surface area (Å²) in [5.74, 6) is 0. The van der Waals surface area contributed by atoms with Gasteiger partial charge in [0.2, 0.25) is 0 Å². The Balaban J connectivity index is 0.00000144. The molecule has 1 N–H and O–H groups in total. The van der Waals surface area contributed by atoms with Crippen molar-refractivity contribution in [3.8, 4) is 0 Å². The minimum atomic E-state index is 0. The maximum Gasteiger partial charge on any atom is 0.0294 e. The van der Waals surface area contributed by atoms with Crippen molar-refractivity contribution in [1.29, 1.82) is 0 Å². The van der Waals surface area contributed by atoms with Crippen molar-refractivity contribution in [2.75, 3.05) is 0 Å². The molecular weight excluding hydrogens is 226 g/mol. The molecule has 0 fully saturated rings. The molecule has 0 unspecified atom stereocenters. The van der Waals surface area contributed by atoms with E-state index < -0.39 is 0 Å². The van der Waals surface area contributed by atoms with Crippen LogP contribution in [0.15, 0.2) is 30.3 Å². The Bertz CT molecular complexity index is 221. The fourth-order valence-electron chi connectivity index (χ4n) is 1.34. The van der Waals surface area contributed by atoms with E-state index in [1.807, 2.05) is 6.07 Å². The summed E-state index contributed by atoms with van der Waals surface area (Å²) in [7, 11) is 0. The van der Waals surface area contributed by atoms with Crippen LogP contribution in [0.3, 0.4) is 0 Å². The van der Waals surface area contributed by atoms with Crippen LogP contribution in [-0.2, 0) is 0 Å². The van der Waals surface area contributed by atoms with Gasteiger partial charge < -0.3 is 5.32 Å². The van der Waals surface area contributed by atoms with E-state index in [0.717, 1.165) is 0 Å². The zero-order valence-electron chi connectivity index (χ0n) is 8.45. The van der Waals surface area contributed by atoms with E-state index in [9.17, 15) is 0 Å². The van der Waals surface area contributed by atoms with Crippen molar-refractivity contribution in [2.45, 2.75) is 32.9 Å². The zero-order valence-corrected chi connectivity index (χ0v) is 10.2. The second-order valence-corrected chi connectivity index (χ2v) is 3.45. The highest BCUT2D eigenvalue weighted by Crippen LogP contribution is 2.11. The Morgan fingerprint density at radius 1 is 1.00 bits per heavy atom. The second kappa shape index (κ2) is 6.17. The van der Waals surface area contributed by atoms with Crippen molar-refractivity contribution in [3.63, 3.8) is 0 Å². The van der Waals surface area contributed by atoms with Gasteiger partial charge in [-0.2, -0.15) is 0 Å². The molecule has 1 aromatic carbocycles. The summed E-state index contributed by atoms with van der Waals surface area (Å²) in [6.45, 7) is 6.52. The van der Waals surface area contributed by atoms with Gasteiger partial charge in [0.1, 0.15) is 0 Å². The Morgan fingerprint density at radius 3 is 2.00 bits per heavy atom. The third-order valence-corrected chi connectivity index (χ3v) is 1.88. The summed E-state index contributed by atoms with van der Waals surface area (Å²) < 4.78 is 0. The fraction of sp³-hybridized carbons (Fsp3) is 0.455. The minimum Gasteiger partial charge on any atom is -0.308 e. The molecule has 1 rings (SSSR count). The maximum atomic E-state index is 3.46. The first kappa shape index (κ1) is 12.7. The monoisotopic (exact) mass is 243 g/mol. The highest BCUT2D eigenvalue weighted by molar-refractivity contribution is 8.93. The van der Waals surface area contributed by atoms with Crippen molar-refractivity contribution < 1.29 is 0 Å². The van der Waals surface area contributed by atoms with Gasteiger partial charge in [-0.3, -0.25) is 0 Å². The topological polar surface area (TPSA) is 12.0 Å². The van der Waals surface area contributed by atoms with E-state index in [1.54, 1.807) is 0 Å². The molecule has 13 heavy (non-hydrogen) atoms. The van der Waals surface area contributed by atoms with Crippen LogP contribution in [-0.4, -0.2) is 6.04 Å². The lowest BCUT2D eigenvalue weighted by atomic mass is 10.1. The molecule has 0 aromatic heterocycles. The summed E-state index contributed by atoms with van der Waals surface area (Å²) in [4.78, 5) is 0. The number of hydrogen-bond acceptors (Lipinski definition) is 1. The largest absolute Gasteiger partial charge is 0.308 e. The maximum absolute atomic E-state index is 3.46. The Morgan fingerprint density at radius 2 is 1.54 bits per heavy atom. The van der Waals surface area contributed by atoms with Crippen molar-refractivity contribution in [1.82, 2.24) is 5.32 Å². The first-order valence-electron chi connectivity index (χ1n) is 4.51. The van der Waals surface area contributed by atoms with E-state index in [-0.39, 0.29) is 17.0 Å². The van der Waals surface area contributed by atoms with Gasteiger partial charge in [0.05, 0.1) is 0 Å². The molecule has 1 atom stereocenters. The van der Waals surface area contributed by atoms with E-state index >= 15 is 0 Å². The van der Waals surface area contributed by atoms with Gasteiger partial charge >= 0.3 is 0 Å². The predicted molar refractivity (Wildman–Crippen MR) is 63.5 cm³/mol. The van der Waals surface area contributed by atoms with E-state index in [2.05, 4.69) is 50.4 Å². The van der Waals surface area contributed by atoms with Gasteiger partial charge in [0.25, 0.3) is 0 Å². The normalized spacial score (nSPS) is 12.3. The molecule has 0 spiro atoms. The highest BCUT2D eigenvalue weighted by atomic mass is 79.9. The molecular formula is C11H18BrN. The van der Waals surface area contributed by atoms with E-state index in [0.29, 0.717) is 12.1 Å². The zero-order chi connectivity index (χ0) is 8.97. The van der Waals surface area contributed by atoms with E-state index in [4.69, 9.17) is 0 Å². The second-order valence-electron chi connectivity index (χ2n) is 3.45. The first-order chi connectivity index (χ1) is 5.70. The van der Waals surface area contributed by atoms with Crippen LogP contribution in [0, 0.1) is 0 Å². The number of nitrogens with one attached hydrogen (secondary N) is 1. The van der Waals surface area contributed by atoms with Crippen LogP contribution in [0.2, 0.25) is 0 Å². The summed E-state index contributed by atoms with van der Waals surface area (Å²) in [5, 5.41) is 3.46.